The monoisotopic (exact) mass is 313 g/mol. The third-order valence-electron chi connectivity index (χ3n) is 3.46. The molecule has 1 saturated heterocycles. The summed E-state index contributed by atoms with van der Waals surface area (Å²) in [6, 6.07) is 8.31. The van der Waals surface area contributed by atoms with Crippen molar-refractivity contribution in [2.24, 2.45) is 0 Å². The molecule has 1 aliphatic rings. The van der Waals surface area contributed by atoms with Crippen molar-refractivity contribution in [3.05, 3.63) is 34.3 Å². The molecule has 100 valence electrons. The van der Waals surface area contributed by atoms with E-state index in [1.54, 1.807) is 0 Å². The fraction of sp³-hybridized carbons (Fsp3) is 0.571. The van der Waals surface area contributed by atoms with E-state index in [1.165, 1.54) is 0 Å². The number of hydrogen-bond acceptors (Lipinski definition) is 3. The van der Waals surface area contributed by atoms with Crippen LogP contribution in [0.1, 0.15) is 25.0 Å². The van der Waals surface area contributed by atoms with Gasteiger partial charge in [-0.05, 0) is 24.1 Å². The van der Waals surface area contributed by atoms with Gasteiger partial charge >= 0.3 is 0 Å². The number of hydrogen-bond donors (Lipinski definition) is 1. The highest BCUT2D eigenvalue weighted by atomic mass is 79.9. The van der Waals surface area contributed by atoms with E-state index in [0.717, 1.165) is 36.2 Å². The molecule has 1 aromatic rings. The van der Waals surface area contributed by atoms with E-state index < -0.39 is 6.10 Å². The molecule has 18 heavy (non-hydrogen) atoms. The minimum atomic E-state index is -0.436. The van der Waals surface area contributed by atoms with Crippen LogP contribution in [0.25, 0.3) is 0 Å². The van der Waals surface area contributed by atoms with Crippen molar-refractivity contribution in [1.82, 2.24) is 4.90 Å². The fourth-order valence-electron chi connectivity index (χ4n) is 2.35. The molecule has 1 heterocycles. The predicted octanol–water partition coefficient (Wildman–Crippen LogP) is 2.59. The summed E-state index contributed by atoms with van der Waals surface area (Å²) in [4.78, 5) is 2.33. The molecule has 1 aromatic carbocycles. The highest BCUT2D eigenvalue weighted by Gasteiger charge is 2.23. The normalized spacial score (nSPS) is 22.9. The van der Waals surface area contributed by atoms with Crippen molar-refractivity contribution in [3.8, 4) is 0 Å². The first kappa shape index (κ1) is 14.0. The van der Waals surface area contributed by atoms with Gasteiger partial charge in [0.2, 0.25) is 0 Å². The molecule has 1 fully saturated rings. The lowest BCUT2D eigenvalue weighted by molar-refractivity contribution is -0.0277. The van der Waals surface area contributed by atoms with Crippen molar-refractivity contribution < 1.29 is 9.84 Å². The van der Waals surface area contributed by atoms with Crippen LogP contribution in [0, 0.1) is 0 Å². The Hall–Kier alpha value is -0.420. The van der Waals surface area contributed by atoms with Crippen LogP contribution >= 0.6 is 15.9 Å². The lowest BCUT2D eigenvalue weighted by atomic mass is 10.1. The molecular formula is C14H20BrNO2. The van der Waals surface area contributed by atoms with E-state index >= 15 is 0 Å². The Bertz CT molecular complexity index is 386. The van der Waals surface area contributed by atoms with E-state index in [1.807, 2.05) is 24.3 Å². The summed E-state index contributed by atoms with van der Waals surface area (Å²) in [5, 5.41) is 10.3. The van der Waals surface area contributed by atoms with Gasteiger partial charge in [0.05, 0.1) is 19.3 Å². The summed E-state index contributed by atoms with van der Waals surface area (Å²) in [5.41, 5.74) is 0.964. The number of morpholine rings is 1. The Labute approximate surface area is 117 Å². The molecule has 4 heteroatoms. The number of β-amino-alcohol motifs (C(OH)–C–C–N with tert-alkyl or cyclic N) is 1. The molecular weight excluding hydrogens is 294 g/mol. The van der Waals surface area contributed by atoms with Crippen molar-refractivity contribution in [2.45, 2.75) is 25.5 Å². The van der Waals surface area contributed by atoms with E-state index in [2.05, 4.69) is 27.8 Å². The zero-order valence-electron chi connectivity index (χ0n) is 10.7. The molecule has 2 unspecified atom stereocenters. The molecule has 0 bridgehead atoms. The molecule has 0 saturated carbocycles. The van der Waals surface area contributed by atoms with Crippen molar-refractivity contribution >= 4 is 15.9 Å². The third kappa shape index (κ3) is 3.54. The standard InChI is InChI=1S/C14H20BrNO2/c1-2-13-10-18-7-6-16(13)9-14(17)11-4-3-5-12(15)8-11/h3-5,8,13-14,17H,2,6-7,9-10H2,1H3. The molecule has 2 atom stereocenters. The largest absolute Gasteiger partial charge is 0.387 e. The van der Waals surface area contributed by atoms with Gasteiger partial charge in [0.1, 0.15) is 0 Å². The molecule has 0 aromatic heterocycles. The highest BCUT2D eigenvalue weighted by molar-refractivity contribution is 9.10. The van der Waals surface area contributed by atoms with Gasteiger partial charge < -0.3 is 9.84 Å². The number of halogens is 1. The van der Waals surface area contributed by atoms with Gasteiger partial charge in [-0.1, -0.05) is 35.0 Å². The topological polar surface area (TPSA) is 32.7 Å². The van der Waals surface area contributed by atoms with Gasteiger partial charge in [0, 0.05) is 23.6 Å². The van der Waals surface area contributed by atoms with Gasteiger partial charge in [0.25, 0.3) is 0 Å². The Morgan fingerprint density at radius 1 is 1.56 bits per heavy atom. The lowest BCUT2D eigenvalue weighted by Gasteiger charge is -2.36. The molecule has 0 radical (unpaired) electrons. The summed E-state index contributed by atoms with van der Waals surface area (Å²) >= 11 is 3.44. The van der Waals surface area contributed by atoms with Crippen LogP contribution < -0.4 is 0 Å². The smallest absolute Gasteiger partial charge is 0.0917 e. The van der Waals surface area contributed by atoms with Gasteiger partial charge in [0.15, 0.2) is 0 Å². The highest BCUT2D eigenvalue weighted by Crippen LogP contribution is 2.21. The first-order valence-corrected chi connectivity index (χ1v) is 7.25. The van der Waals surface area contributed by atoms with Crippen LogP contribution in [0.15, 0.2) is 28.7 Å². The Morgan fingerprint density at radius 3 is 3.11 bits per heavy atom. The Morgan fingerprint density at radius 2 is 2.39 bits per heavy atom. The van der Waals surface area contributed by atoms with E-state index in [0.29, 0.717) is 12.6 Å². The number of nitrogens with zero attached hydrogens (tertiary/aromatic N) is 1. The molecule has 1 aliphatic heterocycles. The summed E-state index contributed by atoms with van der Waals surface area (Å²) in [7, 11) is 0. The maximum Gasteiger partial charge on any atom is 0.0917 e. The molecule has 0 amide bonds. The minimum absolute atomic E-state index is 0.431. The first-order valence-electron chi connectivity index (χ1n) is 6.46. The number of aliphatic hydroxyl groups is 1. The predicted molar refractivity (Wildman–Crippen MR) is 75.6 cm³/mol. The number of aliphatic hydroxyl groups excluding tert-OH is 1. The number of ether oxygens (including phenoxy) is 1. The van der Waals surface area contributed by atoms with Crippen LogP contribution in [0.2, 0.25) is 0 Å². The van der Waals surface area contributed by atoms with Crippen LogP contribution in [0.3, 0.4) is 0 Å². The molecule has 0 aliphatic carbocycles. The maximum atomic E-state index is 10.3. The van der Waals surface area contributed by atoms with E-state index in [4.69, 9.17) is 4.74 Å². The second-order valence-corrected chi connectivity index (χ2v) is 5.62. The zero-order chi connectivity index (χ0) is 13.0. The summed E-state index contributed by atoms with van der Waals surface area (Å²) < 4.78 is 6.49. The van der Waals surface area contributed by atoms with Gasteiger partial charge in [-0.3, -0.25) is 4.90 Å². The van der Waals surface area contributed by atoms with Crippen molar-refractivity contribution in [3.63, 3.8) is 0 Å². The summed E-state index contributed by atoms with van der Waals surface area (Å²) in [5.74, 6) is 0. The summed E-state index contributed by atoms with van der Waals surface area (Å²) in [6.07, 6.45) is 0.625. The van der Waals surface area contributed by atoms with Gasteiger partial charge in [-0.2, -0.15) is 0 Å². The van der Waals surface area contributed by atoms with Crippen LogP contribution in [0.4, 0.5) is 0 Å². The second-order valence-electron chi connectivity index (χ2n) is 4.70. The maximum absolute atomic E-state index is 10.3. The fourth-order valence-corrected chi connectivity index (χ4v) is 2.76. The molecule has 3 nitrogen and oxygen atoms in total. The van der Waals surface area contributed by atoms with Crippen LogP contribution in [0.5, 0.6) is 0 Å². The van der Waals surface area contributed by atoms with Crippen molar-refractivity contribution in [2.75, 3.05) is 26.3 Å². The van der Waals surface area contributed by atoms with E-state index in [-0.39, 0.29) is 0 Å². The second kappa shape index (κ2) is 6.66. The van der Waals surface area contributed by atoms with Gasteiger partial charge in [-0.25, -0.2) is 0 Å². The first-order chi connectivity index (χ1) is 8.70. The SMILES string of the molecule is CCC1COCCN1CC(O)c1cccc(Br)c1. The van der Waals surface area contributed by atoms with Crippen LogP contribution in [-0.2, 0) is 4.74 Å². The molecule has 2 rings (SSSR count). The van der Waals surface area contributed by atoms with E-state index in [9.17, 15) is 5.11 Å². The van der Waals surface area contributed by atoms with Crippen LogP contribution in [-0.4, -0.2) is 42.4 Å². The third-order valence-corrected chi connectivity index (χ3v) is 3.95. The lowest BCUT2D eigenvalue weighted by Crippen LogP contribution is -2.46. The Kier molecular flexibility index (Phi) is 5.18. The van der Waals surface area contributed by atoms with Gasteiger partial charge in [-0.15, -0.1) is 0 Å². The zero-order valence-corrected chi connectivity index (χ0v) is 12.3. The average Bonchev–Trinajstić information content (AvgIpc) is 2.39. The molecule has 0 spiro atoms. The minimum Gasteiger partial charge on any atom is -0.387 e. The number of rotatable bonds is 4. The summed E-state index contributed by atoms with van der Waals surface area (Å²) in [6.45, 7) is 5.29. The van der Waals surface area contributed by atoms with Crippen molar-refractivity contribution in [1.29, 1.82) is 0 Å². The quantitative estimate of drug-likeness (QED) is 0.927. The number of benzene rings is 1. The molecule has 1 N–H and O–H groups in total. The Balaban J connectivity index is 1.99. The average molecular weight is 314 g/mol.